The molecule has 0 spiro atoms. The van der Waals surface area contributed by atoms with Crippen LogP contribution in [-0.4, -0.2) is 23.5 Å². The lowest BCUT2D eigenvalue weighted by Gasteiger charge is -2.08. The van der Waals surface area contributed by atoms with E-state index < -0.39 is 5.97 Å². The molecule has 1 aromatic heterocycles. The molecule has 0 aliphatic heterocycles. The number of rotatable bonds is 6. The first kappa shape index (κ1) is 19.5. The Balaban J connectivity index is 1.90. The van der Waals surface area contributed by atoms with Gasteiger partial charge in [0.05, 0.1) is 12.3 Å². The lowest BCUT2D eigenvalue weighted by molar-refractivity contribution is -0.111. The molecule has 3 aromatic rings. The predicted molar refractivity (Wildman–Crippen MR) is 112 cm³/mol. The maximum Gasteiger partial charge on any atom is 0.350 e. The summed E-state index contributed by atoms with van der Waals surface area (Å²) < 4.78 is 5.03. The van der Waals surface area contributed by atoms with E-state index in [0.29, 0.717) is 21.3 Å². The van der Waals surface area contributed by atoms with Crippen molar-refractivity contribution in [3.05, 3.63) is 82.4 Å². The Labute approximate surface area is 167 Å². The molecule has 0 fully saturated rings. The van der Waals surface area contributed by atoms with Gasteiger partial charge in [-0.25, -0.2) is 9.78 Å². The Kier molecular flexibility index (Phi) is 6.34. The standard InChI is InChI=1S/C22H20N2O3S/c1-3-27-21(26)19-15(2)23-22(28-19)24-20(25)18(17-12-8-5-9-13-17)14-16-10-6-4-7-11-16/h4-14H,3H2,1-2H3,(H,23,24,25)/b18-14+. The number of hydrogen-bond acceptors (Lipinski definition) is 5. The molecule has 1 heterocycles. The zero-order valence-corrected chi connectivity index (χ0v) is 16.5. The number of esters is 1. The lowest BCUT2D eigenvalue weighted by atomic mass is 10.0. The molecule has 0 radical (unpaired) electrons. The van der Waals surface area contributed by atoms with E-state index in [1.54, 1.807) is 13.8 Å². The van der Waals surface area contributed by atoms with Gasteiger partial charge >= 0.3 is 5.97 Å². The van der Waals surface area contributed by atoms with Crippen LogP contribution in [0.1, 0.15) is 33.4 Å². The topological polar surface area (TPSA) is 68.3 Å². The van der Waals surface area contributed by atoms with Crippen molar-refractivity contribution in [3.63, 3.8) is 0 Å². The minimum atomic E-state index is -0.430. The van der Waals surface area contributed by atoms with Gasteiger partial charge < -0.3 is 4.74 Å². The monoisotopic (exact) mass is 392 g/mol. The molecular formula is C22H20N2O3S. The summed E-state index contributed by atoms with van der Waals surface area (Å²) in [4.78, 5) is 29.7. The van der Waals surface area contributed by atoms with Gasteiger partial charge in [0.15, 0.2) is 5.13 Å². The molecule has 3 rings (SSSR count). The van der Waals surface area contributed by atoms with Crippen molar-refractivity contribution in [2.24, 2.45) is 0 Å². The van der Waals surface area contributed by atoms with E-state index in [9.17, 15) is 9.59 Å². The number of anilines is 1. The average Bonchev–Trinajstić information content (AvgIpc) is 3.08. The smallest absolute Gasteiger partial charge is 0.350 e. The summed E-state index contributed by atoms with van der Waals surface area (Å²) in [7, 11) is 0. The molecule has 0 saturated carbocycles. The average molecular weight is 392 g/mol. The minimum absolute atomic E-state index is 0.288. The summed E-state index contributed by atoms with van der Waals surface area (Å²) in [6, 6.07) is 19.1. The van der Waals surface area contributed by atoms with E-state index in [1.165, 1.54) is 0 Å². The first-order valence-electron chi connectivity index (χ1n) is 8.86. The normalized spacial score (nSPS) is 11.1. The number of nitrogens with one attached hydrogen (secondary N) is 1. The van der Waals surface area contributed by atoms with Crippen LogP contribution in [0.4, 0.5) is 5.13 Å². The van der Waals surface area contributed by atoms with Crippen LogP contribution in [0.2, 0.25) is 0 Å². The molecule has 28 heavy (non-hydrogen) atoms. The molecule has 0 aliphatic rings. The molecule has 0 bridgehead atoms. The Bertz CT molecular complexity index is 995. The predicted octanol–water partition coefficient (Wildman–Crippen LogP) is 4.81. The molecule has 1 N–H and O–H groups in total. The largest absolute Gasteiger partial charge is 0.462 e. The molecule has 0 unspecified atom stereocenters. The van der Waals surface area contributed by atoms with E-state index in [4.69, 9.17) is 4.74 Å². The molecule has 0 atom stereocenters. The quantitative estimate of drug-likeness (QED) is 0.371. The van der Waals surface area contributed by atoms with Crippen LogP contribution in [0.5, 0.6) is 0 Å². The van der Waals surface area contributed by atoms with E-state index in [0.717, 1.165) is 22.5 Å². The highest BCUT2D eigenvalue weighted by molar-refractivity contribution is 7.17. The van der Waals surface area contributed by atoms with Crippen LogP contribution in [0.25, 0.3) is 11.6 Å². The fourth-order valence-electron chi connectivity index (χ4n) is 2.61. The molecule has 0 aliphatic carbocycles. The van der Waals surface area contributed by atoms with Crippen LogP contribution in [0, 0.1) is 6.92 Å². The Morgan fingerprint density at radius 2 is 1.71 bits per heavy atom. The van der Waals surface area contributed by atoms with Crippen LogP contribution in [0.3, 0.4) is 0 Å². The first-order valence-corrected chi connectivity index (χ1v) is 9.68. The third-order valence-corrected chi connectivity index (χ3v) is 4.97. The Morgan fingerprint density at radius 1 is 1.07 bits per heavy atom. The number of thiazole rings is 1. The van der Waals surface area contributed by atoms with Crippen LogP contribution >= 0.6 is 11.3 Å². The summed E-state index contributed by atoms with van der Waals surface area (Å²) in [6.07, 6.45) is 1.83. The van der Waals surface area contributed by atoms with Crippen molar-refractivity contribution in [1.82, 2.24) is 4.98 Å². The van der Waals surface area contributed by atoms with E-state index in [-0.39, 0.29) is 12.5 Å². The second-order valence-corrected chi connectivity index (χ2v) is 6.94. The van der Waals surface area contributed by atoms with Crippen molar-refractivity contribution in [2.45, 2.75) is 13.8 Å². The third kappa shape index (κ3) is 4.72. The van der Waals surface area contributed by atoms with E-state index in [2.05, 4.69) is 10.3 Å². The van der Waals surface area contributed by atoms with Crippen LogP contribution in [0.15, 0.2) is 60.7 Å². The Morgan fingerprint density at radius 3 is 2.36 bits per heavy atom. The summed E-state index contributed by atoms with van der Waals surface area (Å²) in [5, 5.41) is 3.17. The van der Waals surface area contributed by atoms with Gasteiger partial charge in [-0.2, -0.15) is 0 Å². The van der Waals surface area contributed by atoms with Gasteiger partial charge in [0.1, 0.15) is 4.88 Å². The van der Waals surface area contributed by atoms with Crippen molar-refractivity contribution >= 4 is 40.0 Å². The molecule has 2 aromatic carbocycles. The fraction of sp³-hybridized carbons (Fsp3) is 0.136. The molecule has 142 valence electrons. The number of nitrogens with zero attached hydrogens (tertiary/aromatic N) is 1. The van der Waals surface area contributed by atoms with Gasteiger partial charge in [-0.1, -0.05) is 72.0 Å². The fourth-order valence-corrected chi connectivity index (χ4v) is 3.47. The summed E-state index contributed by atoms with van der Waals surface area (Å²) in [5.41, 5.74) is 2.76. The minimum Gasteiger partial charge on any atom is -0.462 e. The van der Waals surface area contributed by atoms with Crippen molar-refractivity contribution in [1.29, 1.82) is 0 Å². The number of aromatic nitrogens is 1. The van der Waals surface area contributed by atoms with Crippen LogP contribution < -0.4 is 5.32 Å². The summed E-state index contributed by atoms with van der Waals surface area (Å²) in [6.45, 7) is 3.75. The highest BCUT2D eigenvalue weighted by atomic mass is 32.1. The van der Waals surface area contributed by atoms with E-state index in [1.807, 2.05) is 66.7 Å². The van der Waals surface area contributed by atoms with E-state index >= 15 is 0 Å². The lowest BCUT2D eigenvalue weighted by Crippen LogP contribution is -2.13. The zero-order valence-electron chi connectivity index (χ0n) is 15.6. The van der Waals surface area contributed by atoms with Gasteiger partial charge in [0.25, 0.3) is 5.91 Å². The Hall–Kier alpha value is -3.25. The van der Waals surface area contributed by atoms with Gasteiger partial charge in [-0.3, -0.25) is 10.1 Å². The highest BCUT2D eigenvalue weighted by Crippen LogP contribution is 2.26. The van der Waals surface area contributed by atoms with Gasteiger partial charge in [-0.05, 0) is 31.1 Å². The second kappa shape index (κ2) is 9.10. The van der Waals surface area contributed by atoms with Crippen molar-refractivity contribution < 1.29 is 14.3 Å². The van der Waals surface area contributed by atoms with Crippen molar-refractivity contribution in [3.8, 4) is 0 Å². The molecule has 0 saturated heterocycles. The summed E-state index contributed by atoms with van der Waals surface area (Å²) >= 11 is 1.11. The van der Waals surface area contributed by atoms with Gasteiger partial charge in [-0.15, -0.1) is 0 Å². The van der Waals surface area contributed by atoms with Crippen molar-refractivity contribution in [2.75, 3.05) is 11.9 Å². The SMILES string of the molecule is CCOC(=O)c1sc(NC(=O)/C(=C/c2ccccc2)c2ccccc2)nc1C. The highest BCUT2D eigenvalue weighted by Gasteiger charge is 2.19. The zero-order chi connectivity index (χ0) is 19.9. The molecular weight excluding hydrogens is 372 g/mol. The number of benzene rings is 2. The van der Waals surface area contributed by atoms with Gasteiger partial charge in [0, 0.05) is 5.57 Å². The summed E-state index contributed by atoms with van der Waals surface area (Å²) in [5.74, 6) is -0.722. The number of amides is 1. The third-order valence-electron chi connectivity index (χ3n) is 3.92. The maximum absolute atomic E-state index is 13.0. The number of ether oxygens (including phenoxy) is 1. The number of aryl methyl sites for hydroxylation is 1. The molecule has 1 amide bonds. The number of hydrogen-bond donors (Lipinski definition) is 1. The number of carbonyl (C=O) groups is 2. The number of carbonyl (C=O) groups excluding carboxylic acids is 2. The molecule has 5 nitrogen and oxygen atoms in total. The van der Waals surface area contributed by atoms with Crippen LogP contribution in [-0.2, 0) is 9.53 Å². The maximum atomic E-state index is 13.0. The second-order valence-electron chi connectivity index (χ2n) is 5.94. The first-order chi connectivity index (χ1) is 13.6. The van der Waals surface area contributed by atoms with Gasteiger partial charge in [0.2, 0.25) is 0 Å². The molecule has 6 heteroatoms.